The summed E-state index contributed by atoms with van der Waals surface area (Å²) >= 11 is 8.55. The van der Waals surface area contributed by atoms with Crippen LogP contribution in [0.15, 0.2) is 55.1 Å². The maximum Gasteiger partial charge on any atom is 0.246 e. The maximum absolute atomic E-state index is 12.2. The second-order valence-corrected chi connectivity index (χ2v) is 6.85. The highest BCUT2D eigenvalue weighted by Crippen LogP contribution is 2.36. The number of amides is 1. The number of hydrogen-bond donors (Lipinski definition) is 0. The largest absolute Gasteiger partial charge is 0.334 e. The Morgan fingerprint density at radius 1 is 1.30 bits per heavy atom. The Morgan fingerprint density at radius 2 is 2.09 bits per heavy atom. The summed E-state index contributed by atoms with van der Waals surface area (Å²) in [6, 6.07) is 14.5. The third-order valence-electron chi connectivity index (χ3n) is 4.31. The first-order valence-corrected chi connectivity index (χ1v) is 9.37. The van der Waals surface area contributed by atoms with Crippen molar-refractivity contribution in [3.63, 3.8) is 0 Å². The van der Waals surface area contributed by atoms with Gasteiger partial charge in [-0.05, 0) is 40.5 Å². The minimum Gasteiger partial charge on any atom is -0.334 e. The summed E-state index contributed by atoms with van der Waals surface area (Å²) in [6.45, 7) is 4.88. The van der Waals surface area contributed by atoms with Crippen molar-refractivity contribution in [3.8, 4) is 0 Å². The minimum atomic E-state index is -0.0346. The SMILES string of the molecule is C=CC(=O)N1Cc2cc(Cl)ccc2[C@H](c2ccccc2CI)C1. The Morgan fingerprint density at radius 3 is 2.83 bits per heavy atom. The molecule has 0 aromatic heterocycles. The van der Waals surface area contributed by atoms with Gasteiger partial charge >= 0.3 is 0 Å². The van der Waals surface area contributed by atoms with E-state index in [1.807, 2.05) is 17.0 Å². The zero-order valence-corrected chi connectivity index (χ0v) is 15.5. The zero-order chi connectivity index (χ0) is 16.4. The number of alkyl halides is 1. The van der Waals surface area contributed by atoms with Crippen molar-refractivity contribution >= 4 is 40.1 Å². The van der Waals surface area contributed by atoms with Gasteiger partial charge in [-0.15, -0.1) is 0 Å². The highest BCUT2D eigenvalue weighted by molar-refractivity contribution is 14.1. The summed E-state index contributed by atoms with van der Waals surface area (Å²) in [5.41, 5.74) is 4.98. The van der Waals surface area contributed by atoms with Crippen LogP contribution in [0.2, 0.25) is 5.02 Å². The Kier molecular flexibility index (Phi) is 5.07. The lowest BCUT2D eigenvalue weighted by Gasteiger charge is -2.35. The van der Waals surface area contributed by atoms with E-state index >= 15 is 0 Å². The molecule has 4 heteroatoms. The van der Waals surface area contributed by atoms with Crippen molar-refractivity contribution in [2.45, 2.75) is 16.9 Å². The first kappa shape index (κ1) is 16.5. The molecule has 0 saturated heterocycles. The molecule has 118 valence electrons. The number of carbonyl (C=O) groups excluding carboxylic acids is 1. The molecule has 1 atom stereocenters. The topological polar surface area (TPSA) is 20.3 Å². The molecular formula is C19H17ClINO. The van der Waals surface area contributed by atoms with Gasteiger partial charge in [-0.25, -0.2) is 0 Å². The molecule has 0 radical (unpaired) electrons. The maximum atomic E-state index is 12.2. The molecule has 2 aromatic carbocycles. The Hall–Kier alpha value is -1.33. The third-order valence-corrected chi connectivity index (χ3v) is 5.36. The molecule has 1 aliphatic heterocycles. The van der Waals surface area contributed by atoms with Gasteiger partial charge in [0.15, 0.2) is 0 Å². The van der Waals surface area contributed by atoms with E-state index in [9.17, 15) is 4.79 Å². The zero-order valence-electron chi connectivity index (χ0n) is 12.6. The molecule has 2 aromatic rings. The van der Waals surface area contributed by atoms with E-state index in [1.54, 1.807) is 0 Å². The van der Waals surface area contributed by atoms with E-state index in [1.165, 1.54) is 22.8 Å². The predicted octanol–water partition coefficient (Wildman–Crippen LogP) is 4.94. The number of fused-ring (bicyclic) bond motifs is 1. The number of benzene rings is 2. The summed E-state index contributed by atoms with van der Waals surface area (Å²) in [6.07, 6.45) is 1.39. The van der Waals surface area contributed by atoms with Gasteiger partial charge in [0.05, 0.1) is 0 Å². The first-order chi connectivity index (χ1) is 11.1. The second kappa shape index (κ2) is 7.05. The molecule has 0 unspecified atom stereocenters. The fourth-order valence-corrected chi connectivity index (χ4v) is 4.09. The molecule has 0 N–H and O–H groups in total. The molecule has 0 fully saturated rings. The van der Waals surface area contributed by atoms with Crippen molar-refractivity contribution in [1.29, 1.82) is 0 Å². The third kappa shape index (κ3) is 3.31. The smallest absolute Gasteiger partial charge is 0.246 e. The average Bonchev–Trinajstić information content (AvgIpc) is 2.59. The standard InChI is InChI=1S/C19H17ClINO/c1-2-19(23)22-11-14-9-15(20)7-8-17(14)18(12-22)16-6-4-3-5-13(16)10-21/h2-9,18H,1,10-12H2/t18-/m0/s1. The van der Waals surface area contributed by atoms with Gasteiger partial charge < -0.3 is 4.90 Å². The Balaban J connectivity index is 2.11. The fourth-order valence-electron chi connectivity index (χ4n) is 3.20. The molecule has 1 amide bonds. The molecular weight excluding hydrogens is 421 g/mol. The quantitative estimate of drug-likeness (QED) is 0.379. The van der Waals surface area contributed by atoms with Gasteiger partial charge in [0, 0.05) is 28.5 Å². The van der Waals surface area contributed by atoms with E-state index in [4.69, 9.17) is 11.6 Å². The van der Waals surface area contributed by atoms with E-state index in [0.29, 0.717) is 18.1 Å². The van der Waals surface area contributed by atoms with E-state index < -0.39 is 0 Å². The number of hydrogen-bond acceptors (Lipinski definition) is 1. The normalized spacial score (nSPS) is 16.8. The van der Waals surface area contributed by atoms with Crippen molar-refractivity contribution in [2.24, 2.45) is 0 Å². The number of rotatable bonds is 3. The van der Waals surface area contributed by atoms with Crippen LogP contribution < -0.4 is 0 Å². The predicted molar refractivity (Wildman–Crippen MR) is 103 cm³/mol. The second-order valence-electron chi connectivity index (χ2n) is 5.65. The van der Waals surface area contributed by atoms with Gasteiger partial charge in [-0.1, -0.05) is 71.1 Å². The molecule has 23 heavy (non-hydrogen) atoms. The Bertz CT molecular complexity index is 759. The van der Waals surface area contributed by atoms with Crippen LogP contribution in [0, 0.1) is 0 Å². The molecule has 3 rings (SSSR count). The summed E-state index contributed by atoms with van der Waals surface area (Å²) in [5, 5.41) is 0.706. The van der Waals surface area contributed by atoms with Gasteiger partial charge in [0.2, 0.25) is 5.91 Å². The number of nitrogens with zero attached hydrogens (tertiary/aromatic N) is 1. The highest BCUT2D eigenvalue weighted by Gasteiger charge is 2.29. The van der Waals surface area contributed by atoms with Crippen LogP contribution in [-0.4, -0.2) is 17.4 Å². The van der Waals surface area contributed by atoms with Crippen LogP contribution in [0.5, 0.6) is 0 Å². The molecule has 1 aliphatic rings. The van der Waals surface area contributed by atoms with Crippen LogP contribution in [0.25, 0.3) is 0 Å². The lowest BCUT2D eigenvalue weighted by molar-refractivity contribution is -0.127. The van der Waals surface area contributed by atoms with Crippen LogP contribution in [0.1, 0.15) is 28.2 Å². The first-order valence-electron chi connectivity index (χ1n) is 7.47. The van der Waals surface area contributed by atoms with Gasteiger partial charge in [-0.3, -0.25) is 4.79 Å². The summed E-state index contributed by atoms with van der Waals surface area (Å²) in [7, 11) is 0. The van der Waals surface area contributed by atoms with Gasteiger partial charge in [0.25, 0.3) is 0 Å². The van der Waals surface area contributed by atoms with E-state index in [-0.39, 0.29) is 11.8 Å². The molecule has 0 spiro atoms. The van der Waals surface area contributed by atoms with Crippen LogP contribution in [-0.2, 0) is 15.8 Å². The molecule has 0 bridgehead atoms. The Labute approximate surface area is 155 Å². The lowest BCUT2D eigenvalue weighted by Crippen LogP contribution is -2.37. The number of carbonyl (C=O) groups is 1. The minimum absolute atomic E-state index is 0.0346. The monoisotopic (exact) mass is 437 g/mol. The van der Waals surface area contributed by atoms with E-state index in [0.717, 1.165) is 9.99 Å². The van der Waals surface area contributed by atoms with Crippen LogP contribution >= 0.6 is 34.2 Å². The lowest BCUT2D eigenvalue weighted by atomic mass is 9.83. The summed E-state index contributed by atoms with van der Waals surface area (Å²) in [5.74, 6) is 0.137. The van der Waals surface area contributed by atoms with Crippen LogP contribution in [0.4, 0.5) is 0 Å². The molecule has 2 nitrogen and oxygen atoms in total. The van der Waals surface area contributed by atoms with Crippen LogP contribution in [0.3, 0.4) is 0 Å². The fraction of sp³-hybridized carbons (Fsp3) is 0.211. The van der Waals surface area contributed by atoms with Crippen molar-refractivity contribution in [3.05, 3.63) is 82.4 Å². The van der Waals surface area contributed by atoms with E-state index in [2.05, 4.69) is 59.5 Å². The summed E-state index contributed by atoms with van der Waals surface area (Å²) < 4.78 is 0.947. The molecule has 0 aliphatic carbocycles. The van der Waals surface area contributed by atoms with Crippen molar-refractivity contribution in [1.82, 2.24) is 4.90 Å². The average molecular weight is 438 g/mol. The molecule has 0 saturated carbocycles. The number of halogens is 2. The van der Waals surface area contributed by atoms with Gasteiger partial charge in [-0.2, -0.15) is 0 Å². The molecule has 1 heterocycles. The highest BCUT2D eigenvalue weighted by atomic mass is 127. The summed E-state index contributed by atoms with van der Waals surface area (Å²) in [4.78, 5) is 14.0. The van der Waals surface area contributed by atoms with Gasteiger partial charge in [0.1, 0.15) is 0 Å². The van der Waals surface area contributed by atoms with Crippen molar-refractivity contribution < 1.29 is 4.79 Å². The van der Waals surface area contributed by atoms with Crippen molar-refractivity contribution in [2.75, 3.05) is 6.54 Å².